The first-order valence-electron chi connectivity index (χ1n) is 9.39. The van der Waals surface area contributed by atoms with Gasteiger partial charge in [-0.25, -0.2) is 15.0 Å². The lowest BCUT2D eigenvalue weighted by Gasteiger charge is -2.08. The molecule has 7 nitrogen and oxygen atoms in total. The normalized spacial score (nSPS) is 10.6. The number of rotatable bonds is 4. The van der Waals surface area contributed by atoms with E-state index in [9.17, 15) is 9.59 Å². The number of nitrogens with one attached hydrogen (secondary N) is 2. The van der Waals surface area contributed by atoms with Crippen molar-refractivity contribution in [1.29, 1.82) is 0 Å². The molecule has 0 fully saturated rings. The van der Waals surface area contributed by atoms with E-state index >= 15 is 0 Å². The molecular formula is C23H19N5O2. The highest BCUT2D eigenvalue weighted by Gasteiger charge is 2.12. The number of carbonyl (C=O) groups is 2. The molecule has 1 aromatic carbocycles. The van der Waals surface area contributed by atoms with Crippen LogP contribution in [0.3, 0.4) is 0 Å². The van der Waals surface area contributed by atoms with Crippen molar-refractivity contribution in [2.45, 2.75) is 13.8 Å². The van der Waals surface area contributed by atoms with Gasteiger partial charge in [-0.2, -0.15) is 0 Å². The fourth-order valence-electron chi connectivity index (χ4n) is 2.95. The molecule has 0 aliphatic rings. The van der Waals surface area contributed by atoms with Gasteiger partial charge in [0.25, 0.3) is 11.8 Å². The summed E-state index contributed by atoms with van der Waals surface area (Å²) in [6.45, 7) is 3.73. The summed E-state index contributed by atoms with van der Waals surface area (Å²) in [4.78, 5) is 38.2. The SMILES string of the molecule is Cc1cccc(NC(=O)c2cccc(C(=O)Nc3ccc4ccc(C)nc4n3)c2)n1. The molecular weight excluding hydrogens is 378 g/mol. The van der Waals surface area contributed by atoms with Crippen LogP contribution in [0.4, 0.5) is 11.6 Å². The molecule has 2 N–H and O–H groups in total. The first kappa shape index (κ1) is 19.2. The molecule has 4 rings (SSSR count). The number of hydrogen-bond donors (Lipinski definition) is 2. The van der Waals surface area contributed by atoms with Gasteiger partial charge in [-0.15, -0.1) is 0 Å². The zero-order valence-corrected chi connectivity index (χ0v) is 16.5. The summed E-state index contributed by atoms with van der Waals surface area (Å²) >= 11 is 0. The lowest BCUT2D eigenvalue weighted by Crippen LogP contribution is -2.16. The quantitative estimate of drug-likeness (QED) is 0.539. The molecule has 0 bridgehead atoms. The van der Waals surface area contributed by atoms with E-state index in [4.69, 9.17) is 0 Å². The minimum Gasteiger partial charge on any atom is -0.307 e. The summed E-state index contributed by atoms with van der Waals surface area (Å²) in [6.07, 6.45) is 0. The summed E-state index contributed by atoms with van der Waals surface area (Å²) < 4.78 is 0. The van der Waals surface area contributed by atoms with E-state index in [2.05, 4.69) is 25.6 Å². The first-order valence-corrected chi connectivity index (χ1v) is 9.39. The Balaban J connectivity index is 1.51. The molecule has 0 atom stereocenters. The van der Waals surface area contributed by atoms with Gasteiger partial charge in [-0.3, -0.25) is 9.59 Å². The molecule has 0 aliphatic heterocycles. The second kappa shape index (κ2) is 8.08. The largest absolute Gasteiger partial charge is 0.307 e. The van der Waals surface area contributed by atoms with Crippen LogP contribution in [0.5, 0.6) is 0 Å². The number of carbonyl (C=O) groups excluding carboxylic acids is 2. The summed E-state index contributed by atoms with van der Waals surface area (Å²) in [5.41, 5.74) is 2.91. The second-order valence-electron chi connectivity index (χ2n) is 6.85. The lowest BCUT2D eigenvalue weighted by atomic mass is 10.1. The summed E-state index contributed by atoms with van der Waals surface area (Å²) in [6, 6.07) is 19.3. The molecule has 0 saturated carbocycles. The number of aryl methyl sites for hydroxylation is 2. The Hall–Kier alpha value is -4.13. The number of pyridine rings is 3. The van der Waals surface area contributed by atoms with Crippen molar-refractivity contribution < 1.29 is 9.59 Å². The van der Waals surface area contributed by atoms with Crippen molar-refractivity contribution in [3.05, 3.63) is 89.2 Å². The number of benzene rings is 1. The minimum atomic E-state index is -0.363. The molecule has 7 heteroatoms. The van der Waals surface area contributed by atoms with Gasteiger partial charge in [-0.1, -0.05) is 12.1 Å². The van der Waals surface area contributed by atoms with Gasteiger partial charge in [0.2, 0.25) is 0 Å². The van der Waals surface area contributed by atoms with Crippen LogP contribution in [0.25, 0.3) is 11.0 Å². The van der Waals surface area contributed by atoms with Crippen LogP contribution < -0.4 is 10.6 Å². The molecule has 3 aromatic heterocycles. The second-order valence-corrected chi connectivity index (χ2v) is 6.85. The highest BCUT2D eigenvalue weighted by molar-refractivity contribution is 6.08. The van der Waals surface area contributed by atoms with Crippen LogP contribution >= 0.6 is 0 Å². The molecule has 3 heterocycles. The number of nitrogens with zero attached hydrogens (tertiary/aromatic N) is 3. The van der Waals surface area contributed by atoms with Crippen molar-refractivity contribution in [1.82, 2.24) is 15.0 Å². The van der Waals surface area contributed by atoms with E-state index < -0.39 is 0 Å². The maximum absolute atomic E-state index is 12.7. The summed E-state index contributed by atoms with van der Waals surface area (Å²) in [5, 5.41) is 6.39. The molecule has 30 heavy (non-hydrogen) atoms. The average molecular weight is 397 g/mol. The maximum atomic E-state index is 12.7. The van der Waals surface area contributed by atoms with Crippen LogP contribution in [0.15, 0.2) is 66.7 Å². The van der Waals surface area contributed by atoms with E-state index in [0.717, 1.165) is 16.8 Å². The van der Waals surface area contributed by atoms with Gasteiger partial charge in [0, 0.05) is 27.9 Å². The third-order valence-electron chi connectivity index (χ3n) is 4.45. The summed E-state index contributed by atoms with van der Waals surface area (Å²) in [5.74, 6) is 0.145. The number of amides is 2. The molecule has 0 unspecified atom stereocenters. The molecule has 0 spiro atoms. The highest BCUT2D eigenvalue weighted by atomic mass is 16.2. The van der Waals surface area contributed by atoms with Gasteiger partial charge in [0.1, 0.15) is 11.6 Å². The van der Waals surface area contributed by atoms with Crippen LogP contribution in [0.1, 0.15) is 32.1 Å². The number of hydrogen-bond acceptors (Lipinski definition) is 5. The molecule has 2 amide bonds. The predicted octanol–water partition coefficient (Wildman–Crippen LogP) is 4.15. The first-order chi connectivity index (χ1) is 14.5. The Kier molecular flexibility index (Phi) is 5.17. The Morgan fingerprint density at radius 2 is 1.27 bits per heavy atom. The zero-order valence-electron chi connectivity index (χ0n) is 16.5. The standard InChI is InChI=1S/C23H19N5O2/c1-14-5-3-8-19(24-14)27-22(29)17-6-4-7-18(13-17)23(30)28-20-12-11-16-10-9-15(2)25-21(16)26-20/h3-13H,1-2H3,(H,24,27,29)(H,25,26,28,30). The minimum absolute atomic E-state index is 0.341. The third kappa shape index (κ3) is 4.30. The van der Waals surface area contributed by atoms with Crippen LogP contribution in [0.2, 0.25) is 0 Å². The van der Waals surface area contributed by atoms with Crippen molar-refractivity contribution in [3.8, 4) is 0 Å². The smallest absolute Gasteiger partial charge is 0.256 e. The Labute approximate surface area is 173 Å². The predicted molar refractivity (Wildman–Crippen MR) is 116 cm³/mol. The van der Waals surface area contributed by atoms with Crippen molar-refractivity contribution >= 4 is 34.5 Å². The van der Waals surface area contributed by atoms with Crippen molar-refractivity contribution in [3.63, 3.8) is 0 Å². The van der Waals surface area contributed by atoms with Gasteiger partial charge < -0.3 is 10.6 Å². The van der Waals surface area contributed by atoms with E-state index in [1.54, 1.807) is 30.3 Å². The Morgan fingerprint density at radius 3 is 1.97 bits per heavy atom. The topological polar surface area (TPSA) is 96.9 Å². The zero-order chi connectivity index (χ0) is 21.1. The number of fused-ring (bicyclic) bond motifs is 1. The molecule has 0 aliphatic carbocycles. The van der Waals surface area contributed by atoms with Crippen molar-refractivity contribution in [2.75, 3.05) is 10.6 Å². The fraction of sp³-hybridized carbons (Fsp3) is 0.0870. The molecule has 0 saturated heterocycles. The van der Waals surface area contributed by atoms with E-state index in [-0.39, 0.29) is 11.8 Å². The average Bonchev–Trinajstić information content (AvgIpc) is 2.73. The highest BCUT2D eigenvalue weighted by Crippen LogP contribution is 2.16. The summed E-state index contributed by atoms with van der Waals surface area (Å²) in [7, 11) is 0. The van der Waals surface area contributed by atoms with E-state index in [0.29, 0.717) is 28.4 Å². The van der Waals surface area contributed by atoms with Crippen LogP contribution in [-0.4, -0.2) is 26.8 Å². The molecule has 0 radical (unpaired) electrons. The van der Waals surface area contributed by atoms with Gasteiger partial charge in [0.15, 0.2) is 5.65 Å². The Morgan fingerprint density at radius 1 is 0.667 bits per heavy atom. The maximum Gasteiger partial charge on any atom is 0.256 e. The Bertz CT molecular complexity index is 1270. The monoisotopic (exact) mass is 397 g/mol. The van der Waals surface area contributed by atoms with Gasteiger partial charge >= 0.3 is 0 Å². The molecule has 4 aromatic rings. The lowest BCUT2D eigenvalue weighted by molar-refractivity contribution is 0.102. The van der Waals surface area contributed by atoms with Crippen molar-refractivity contribution in [2.24, 2.45) is 0 Å². The van der Waals surface area contributed by atoms with Crippen LogP contribution in [-0.2, 0) is 0 Å². The van der Waals surface area contributed by atoms with E-state index in [1.165, 1.54) is 6.07 Å². The third-order valence-corrected chi connectivity index (χ3v) is 4.45. The number of anilines is 2. The van der Waals surface area contributed by atoms with Crippen LogP contribution in [0, 0.1) is 13.8 Å². The van der Waals surface area contributed by atoms with Gasteiger partial charge in [0.05, 0.1) is 0 Å². The number of aromatic nitrogens is 3. The fourth-order valence-corrected chi connectivity index (χ4v) is 2.95. The van der Waals surface area contributed by atoms with Gasteiger partial charge in [-0.05, 0) is 68.4 Å². The van der Waals surface area contributed by atoms with E-state index in [1.807, 2.05) is 44.2 Å². The molecule has 148 valence electrons.